The van der Waals surface area contributed by atoms with Crippen LogP contribution in [0.1, 0.15) is 28.6 Å². The lowest BCUT2D eigenvalue weighted by Crippen LogP contribution is -2.27. The standard InChI is InChI=1S/C15H19N3/c1-10-11(2)17-18(12(10)3)14-8-13-6-4-5-7-15(13)16-9-14/h4-7,14,16H,8-9H2,1-3H3. The summed E-state index contributed by atoms with van der Waals surface area (Å²) in [5.74, 6) is 0. The Kier molecular flexibility index (Phi) is 2.62. The minimum Gasteiger partial charge on any atom is -0.383 e. The minimum absolute atomic E-state index is 0.423. The number of rotatable bonds is 1. The van der Waals surface area contributed by atoms with Crippen LogP contribution >= 0.6 is 0 Å². The molecule has 2 heterocycles. The molecule has 0 bridgehead atoms. The van der Waals surface area contributed by atoms with E-state index in [-0.39, 0.29) is 0 Å². The molecule has 1 aliphatic heterocycles. The van der Waals surface area contributed by atoms with E-state index in [1.54, 1.807) is 0 Å². The molecule has 2 aromatic rings. The fourth-order valence-corrected chi connectivity index (χ4v) is 2.70. The van der Waals surface area contributed by atoms with E-state index in [1.165, 1.54) is 22.5 Å². The minimum atomic E-state index is 0.423. The fraction of sp³-hybridized carbons (Fsp3) is 0.400. The molecule has 1 atom stereocenters. The van der Waals surface area contributed by atoms with Gasteiger partial charge in [-0.1, -0.05) is 18.2 Å². The summed E-state index contributed by atoms with van der Waals surface area (Å²) in [5, 5.41) is 8.19. The zero-order valence-electron chi connectivity index (χ0n) is 11.2. The highest BCUT2D eigenvalue weighted by atomic mass is 15.3. The molecule has 1 N–H and O–H groups in total. The zero-order chi connectivity index (χ0) is 12.7. The van der Waals surface area contributed by atoms with Gasteiger partial charge in [-0.2, -0.15) is 5.10 Å². The van der Waals surface area contributed by atoms with E-state index in [4.69, 9.17) is 0 Å². The molecule has 0 saturated heterocycles. The number of fused-ring (bicyclic) bond motifs is 1. The second-order valence-electron chi connectivity index (χ2n) is 5.14. The normalized spacial score (nSPS) is 18.3. The Morgan fingerprint density at radius 3 is 2.72 bits per heavy atom. The topological polar surface area (TPSA) is 29.9 Å². The first kappa shape index (κ1) is 11.3. The maximum Gasteiger partial charge on any atom is 0.0735 e. The molecule has 0 radical (unpaired) electrons. The third-order valence-electron chi connectivity index (χ3n) is 4.03. The fourth-order valence-electron chi connectivity index (χ4n) is 2.70. The third-order valence-corrected chi connectivity index (χ3v) is 4.03. The van der Waals surface area contributed by atoms with Crippen molar-refractivity contribution in [3.8, 4) is 0 Å². The number of aryl methyl sites for hydroxylation is 1. The molecule has 0 aliphatic carbocycles. The van der Waals surface area contributed by atoms with Crippen LogP contribution in [0.2, 0.25) is 0 Å². The van der Waals surface area contributed by atoms with Gasteiger partial charge in [-0.05, 0) is 44.4 Å². The first-order valence-electron chi connectivity index (χ1n) is 6.51. The van der Waals surface area contributed by atoms with E-state index in [0.29, 0.717) is 6.04 Å². The Bertz CT molecular complexity index is 583. The maximum absolute atomic E-state index is 4.68. The van der Waals surface area contributed by atoms with E-state index in [9.17, 15) is 0 Å². The van der Waals surface area contributed by atoms with E-state index >= 15 is 0 Å². The molecule has 18 heavy (non-hydrogen) atoms. The van der Waals surface area contributed by atoms with Gasteiger partial charge in [0.2, 0.25) is 0 Å². The summed E-state index contributed by atoms with van der Waals surface area (Å²) in [6.07, 6.45) is 1.06. The summed E-state index contributed by atoms with van der Waals surface area (Å²) >= 11 is 0. The molecule has 1 aromatic carbocycles. The van der Waals surface area contributed by atoms with Crippen LogP contribution in [-0.2, 0) is 6.42 Å². The Balaban J connectivity index is 1.94. The van der Waals surface area contributed by atoms with E-state index in [1.807, 2.05) is 0 Å². The van der Waals surface area contributed by atoms with Gasteiger partial charge in [0.15, 0.2) is 0 Å². The van der Waals surface area contributed by atoms with Gasteiger partial charge in [-0.25, -0.2) is 0 Å². The van der Waals surface area contributed by atoms with Gasteiger partial charge < -0.3 is 5.32 Å². The molecule has 3 heteroatoms. The summed E-state index contributed by atoms with van der Waals surface area (Å²) in [4.78, 5) is 0. The van der Waals surface area contributed by atoms with Crippen LogP contribution in [0.5, 0.6) is 0 Å². The van der Waals surface area contributed by atoms with Crippen molar-refractivity contribution >= 4 is 5.69 Å². The Morgan fingerprint density at radius 2 is 2.00 bits per heavy atom. The number of aromatic nitrogens is 2. The van der Waals surface area contributed by atoms with Crippen molar-refractivity contribution in [3.63, 3.8) is 0 Å². The van der Waals surface area contributed by atoms with Crippen molar-refractivity contribution in [2.45, 2.75) is 33.2 Å². The van der Waals surface area contributed by atoms with E-state index in [2.05, 4.69) is 60.1 Å². The highest BCUT2D eigenvalue weighted by molar-refractivity contribution is 5.53. The van der Waals surface area contributed by atoms with Crippen LogP contribution in [0.4, 0.5) is 5.69 Å². The van der Waals surface area contributed by atoms with Gasteiger partial charge in [-0.15, -0.1) is 0 Å². The van der Waals surface area contributed by atoms with Crippen LogP contribution in [0.3, 0.4) is 0 Å². The molecule has 3 nitrogen and oxygen atoms in total. The molecule has 1 unspecified atom stereocenters. The van der Waals surface area contributed by atoms with Crippen molar-refractivity contribution < 1.29 is 0 Å². The lowest BCUT2D eigenvalue weighted by molar-refractivity contribution is 0.450. The van der Waals surface area contributed by atoms with Crippen LogP contribution in [-0.4, -0.2) is 16.3 Å². The van der Waals surface area contributed by atoms with Gasteiger partial charge in [-0.3, -0.25) is 4.68 Å². The van der Waals surface area contributed by atoms with Crippen molar-refractivity contribution in [2.75, 3.05) is 11.9 Å². The SMILES string of the molecule is Cc1nn(C2CNc3ccccc3C2)c(C)c1C. The van der Waals surface area contributed by atoms with Crippen molar-refractivity contribution in [2.24, 2.45) is 0 Å². The number of hydrogen-bond acceptors (Lipinski definition) is 2. The Hall–Kier alpha value is -1.77. The summed E-state index contributed by atoms with van der Waals surface area (Å²) in [6, 6.07) is 8.97. The average molecular weight is 241 g/mol. The summed E-state index contributed by atoms with van der Waals surface area (Å²) in [6.45, 7) is 7.36. The average Bonchev–Trinajstić information content (AvgIpc) is 2.66. The van der Waals surface area contributed by atoms with Gasteiger partial charge in [0.25, 0.3) is 0 Å². The van der Waals surface area contributed by atoms with Gasteiger partial charge >= 0.3 is 0 Å². The smallest absolute Gasteiger partial charge is 0.0735 e. The van der Waals surface area contributed by atoms with Crippen LogP contribution in [0, 0.1) is 20.8 Å². The number of nitrogens with zero attached hydrogens (tertiary/aromatic N) is 2. The molecule has 94 valence electrons. The van der Waals surface area contributed by atoms with Crippen molar-refractivity contribution in [1.29, 1.82) is 0 Å². The molecule has 1 aliphatic rings. The third kappa shape index (κ3) is 1.70. The van der Waals surface area contributed by atoms with E-state index in [0.717, 1.165) is 18.7 Å². The Morgan fingerprint density at radius 1 is 1.22 bits per heavy atom. The molecule has 1 aromatic heterocycles. The molecule has 0 amide bonds. The molecule has 0 spiro atoms. The molecular formula is C15H19N3. The molecular weight excluding hydrogens is 222 g/mol. The lowest BCUT2D eigenvalue weighted by atomic mass is 9.99. The predicted molar refractivity (Wildman–Crippen MR) is 74.1 cm³/mol. The van der Waals surface area contributed by atoms with Gasteiger partial charge in [0.05, 0.1) is 11.7 Å². The highest BCUT2D eigenvalue weighted by Gasteiger charge is 2.22. The predicted octanol–water partition coefficient (Wildman–Crippen LogP) is 3.02. The second kappa shape index (κ2) is 4.16. The van der Waals surface area contributed by atoms with Crippen molar-refractivity contribution in [1.82, 2.24) is 9.78 Å². The first-order valence-corrected chi connectivity index (χ1v) is 6.51. The summed E-state index contributed by atoms with van der Waals surface area (Å²) < 4.78 is 2.19. The number of nitrogens with one attached hydrogen (secondary N) is 1. The monoisotopic (exact) mass is 241 g/mol. The Labute approximate surface area is 108 Å². The quantitative estimate of drug-likeness (QED) is 0.831. The number of para-hydroxylation sites is 1. The van der Waals surface area contributed by atoms with Crippen LogP contribution in [0.25, 0.3) is 0 Å². The first-order chi connectivity index (χ1) is 8.66. The molecule has 0 saturated carbocycles. The summed E-state index contributed by atoms with van der Waals surface area (Å²) in [7, 11) is 0. The van der Waals surface area contributed by atoms with Crippen LogP contribution < -0.4 is 5.32 Å². The van der Waals surface area contributed by atoms with Gasteiger partial charge in [0.1, 0.15) is 0 Å². The number of hydrogen-bond donors (Lipinski definition) is 1. The number of anilines is 1. The van der Waals surface area contributed by atoms with Crippen LogP contribution in [0.15, 0.2) is 24.3 Å². The lowest BCUT2D eigenvalue weighted by Gasteiger charge is -2.27. The maximum atomic E-state index is 4.68. The van der Waals surface area contributed by atoms with E-state index < -0.39 is 0 Å². The number of benzene rings is 1. The molecule has 3 rings (SSSR count). The molecule has 0 fully saturated rings. The van der Waals surface area contributed by atoms with Crippen molar-refractivity contribution in [3.05, 3.63) is 46.8 Å². The second-order valence-corrected chi connectivity index (χ2v) is 5.14. The summed E-state index contributed by atoms with van der Waals surface area (Å²) in [5.41, 5.74) is 6.41. The van der Waals surface area contributed by atoms with Gasteiger partial charge in [0, 0.05) is 17.9 Å². The highest BCUT2D eigenvalue weighted by Crippen LogP contribution is 2.28. The largest absolute Gasteiger partial charge is 0.383 e. The zero-order valence-corrected chi connectivity index (χ0v) is 11.2.